The molecule has 0 spiro atoms. The minimum absolute atomic E-state index is 0.192. The van der Waals surface area contributed by atoms with E-state index < -0.39 is 7.05 Å². The number of anilines is 2. The second kappa shape index (κ2) is 10.9. The minimum Gasteiger partial charge on any atom is -0.324 e. The van der Waals surface area contributed by atoms with Crippen LogP contribution in [0.3, 0.4) is 0 Å². The number of nitrogens with zero attached hydrogens (tertiary/aromatic N) is 3. The van der Waals surface area contributed by atoms with Crippen molar-refractivity contribution in [1.29, 1.82) is 0 Å². The Kier molecular flexibility index (Phi) is 6.79. The molecule has 7 aromatic rings. The summed E-state index contributed by atoms with van der Waals surface area (Å²) in [6.45, 7) is 2.05. The summed E-state index contributed by atoms with van der Waals surface area (Å²) in [5.41, 5.74) is 2.48. The average molecular weight is 583 g/mol. The molecule has 0 amide bonds. The van der Waals surface area contributed by atoms with Crippen LogP contribution in [0, 0.1) is 6.92 Å². The molecule has 0 saturated heterocycles. The lowest BCUT2D eigenvalue weighted by Crippen LogP contribution is -2.28. The van der Waals surface area contributed by atoms with Crippen LogP contribution in [-0.2, 0) is 0 Å². The number of hydrogen-bond donors (Lipinski definition) is 1. The summed E-state index contributed by atoms with van der Waals surface area (Å²) in [6.07, 6.45) is 0. The molecule has 7 heteroatoms. The van der Waals surface area contributed by atoms with Gasteiger partial charge in [-0.05, 0) is 25.1 Å². The predicted molar refractivity (Wildman–Crippen MR) is 179 cm³/mol. The smallest absolute Gasteiger partial charge is 0.293 e. The molecule has 2 heterocycles. The quantitative estimate of drug-likeness (QED) is 0.205. The van der Waals surface area contributed by atoms with Crippen LogP contribution in [0.5, 0.6) is 0 Å². The van der Waals surface area contributed by atoms with E-state index in [-0.39, 0.29) is 5.56 Å². The Labute approximate surface area is 247 Å². The first kappa shape index (κ1) is 26.1. The molecule has 0 aliphatic rings. The number of thiophene rings is 1. The Balaban J connectivity index is 1.63. The average Bonchev–Trinajstić information content (AvgIpc) is 3.42. The molecule has 0 saturated carbocycles. The van der Waals surface area contributed by atoms with Gasteiger partial charge in [0.25, 0.3) is 5.56 Å². The second-order valence-corrected chi connectivity index (χ2v) is 14.1. The highest BCUT2D eigenvalue weighted by molar-refractivity contribution is 7.87. The van der Waals surface area contributed by atoms with Crippen LogP contribution in [-0.4, -0.2) is 9.66 Å². The first-order valence-electron chi connectivity index (χ1n) is 13.7. The summed E-state index contributed by atoms with van der Waals surface area (Å²) in [4.78, 5) is 25.2. The Morgan fingerprint density at radius 2 is 1.21 bits per heavy atom. The third-order valence-electron chi connectivity index (χ3n) is 7.30. The van der Waals surface area contributed by atoms with Crippen molar-refractivity contribution in [2.45, 2.75) is 6.92 Å². The Morgan fingerprint density at radius 3 is 1.79 bits per heavy atom. The Hall–Kier alpha value is -4.77. The van der Waals surface area contributed by atoms with Crippen molar-refractivity contribution >= 4 is 66.2 Å². The van der Waals surface area contributed by atoms with E-state index in [9.17, 15) is 4.79 Å². The summed E-state index contributed by atoms with van der Waals surface area (Å²) < 4.78 is 3.12. The van der Waals surface area contributed by atoms with Crippen LogP contribution in [0.2, 0.25) is 0 Å². The molecule has 204 valence electrons. The van der Waals surface area contributed by atoms with Crippen LogP contribution < -0.4 is 26.8 Å². The molecule has 5 aromatic carbocycles. The molecule has 5 nitrogen and oxygen atoms in total. The number of fused-ring (bicyclic) bond motifs is 3. The summed E-state index contributed by atoms with van der Waals surface area (Å²) in [5.74, 6) is 0.382. The molecule has 0 aliphatic carbocycles. The van der Waals surface area contributed by atoms with Gasteiger partial charge in [-0.2, -0.15) is 9.53 Å². The maximum absolute atomic E-state index is 14.6. The lowest BCUT2D eigenvalue weighted by atomic mass is 10.2. The third kappa shape index (κ3) is 4.55. The van der Waals surface area contributed by atoms with Crippen LogP contribution in [0.4, 0.5) is 11.6 Å². The van der Waals surface area contributed by atoms with Crippen molar-refractivity contribution in [3.8, 4) is 0 Å². The van der Waals surface area contributed by atoms with Crippen LogP contribution in [0.15, 0.2) is 149 Å². The van der Waals surface area contributed by atoms with Crippen LogP contribution >= 0.6 is 18.4 Å². The van der Waals surface area contributed by atoms with Gasteiger partial charge in [0.05, 0.1) is 12.6 Å². The molecule has 0 aliphatic heterocycles. The van der Waals surface area contributed by atoms with E-state index in [1.165, 1.54) is 16.0 Å². The zero-order chi connectivity index (χ0) is 28.5. The maximum atomic E-state index is 14.6. The van der Waals surface area contributed by atoms with Gasteiger partial charge in [-0.1, -0.05) is 127 Å². The molecule has 7 rings (SSSR count). The number of nitrogens with one attached hydrogen (secondary N) is 1. The number of hydrogen-bond acceptors (Lipinski definition) is 5. The van der Waals surface area contributed by atoms with Crippen molar-refractivity contribution < 1.29 is 0 Å². The van der Waals surface area contributed by atoms with Gasteiger partial charge in [-0.3, -0.25) is 4.79 Å². The Bertz CT molecular complexity index is 2040. The highest BCUT2D eigenvalue weighted by atomic mass is 32.1. The standard InChI is InChI=1S/C35H27N4OPS/c1-25-21-23-26(24-22-25)36-35-37-32-30-19-11-12-20-31(30)42-33(32)34(40)39(35)38-41(27-13-5-2-6-14-27,28-15-7-3-8-16-28)29-17-9-4-10-18-29/h2-24H,1H3,(H,36,37). The lowest BCUT2D eigenvalue weighted by molar-refractivity contribution is 0.840. The van der Waals surface area contributed by atoms with E-state index in [1.807, 2.05) is 103 Å². The molecule has 0 atom stereocenters. The highest BCUT2D eigenvalue weighted by Crippen LogP contribution is 2.47. The van der Waals surface area contributed by atoms with Gasteiger partial charge in [0.2, 0.25) is 5.95 Å². The van der Waals surface area contributed by atoms with E-state index in [0.29, 0.717) is 16.2 Å². The molecule has 2 aromatic heterocycles. The predicted octanol–water partition coefficient (Wildman–Crippen LogP) is 7.60. The zero-order valence-corrected chi connectivity index (χ0v) is 24.6. The summed E-state index contributed by atoms with van der Waals surface area (Å²) in [7, 11) is -2.74. The zero-order valence-electron chi connectivity index (χ0n) is 22.9. The largest absolute Gasteiger partial charge is 0.324 e. The molecule has 0 radical (unpaired) electrons. The number of rotatable bonds is 6. The van der Waals surface area contributed by atoms with E-state index in [1.54, 1.807) is 0 Å². The molecule has 1 N–H and O–H groups in total. The fraction of sp³-hybridized carbons (Fsp3) is 0.0286. The molecule has 42 heavy (non-hydrogen) atoms. The fourth-order valence-electron chi connectivity index (χ4n) is 5.23. The van der Waals surface area contributed by atoms with E-state index in [4.69, 9.17) is 9.84 Å². The van der Waals surface area contributed by atoms with E-state index in [0.717, 1.165) is 37.3 Å². The molecule has 0 fully saturated rings. The van der Waals surface area contributed by atoms with Crippen LogP contribution in [0.25, 0.3) is 20.3 Å². The maximum Gasteiger partial charge on any atom is 0.293 e. The van der Waals surface area contributed by atoms with Crippen molar-refractivity contribution in [2.24, 2.45) is 4.85 Å². The summed E-state index contributed by atoms with van der Waals surface area (Å²) in [5, 5.41) is 7.55. The summed E-state index contributed by atoms with van der Waals surface area (Å²) in [6, 6.07) is 47.0. The summed E-state index contributed by atoms with van der Waals surface area (Å²) >= 11 is 1.46. The topological polar surface area (TPSA) is 59.3 Å². The second-order valence-electron chi connectivity index (χ2n) is 10.1. The van der Waals surface area contributed by atoms with Gasteiger partial charge in [-0.15, -0.1) is 11.3 Å². The Morgan fingerprint density at radius 1 is 0.690 bits per heavy atom. The lowest BCUT2D eigenvalue weighted by Gasteiger charge is -2.27. The SMILES string of the molecule is Cc1ccc(Nc2nc3c(sc4ccccc43)c(=O)n2N=P(c2ccccc2)(c2ccccc2)c2ccccc2)cc1. The van der Waals surface area contributed by atoms with E-state index >= 15 is 0 Å². The molecule has 0 bridgehead atoms. The van der Waals surface area contributed by atoms with Gasteiger partial charge in [0.1, 0.15) is 4.70 Å². The van der Waals surface area contributed by atoms with Crippen molar-refractivity contribution in [1.82, 2.24) is 9.66 Å². The van der Waals surface area contributed by atoms with Crippen molar-refractivity contribution in [3.05, 3.63) is 155 Å². The monoisotopic (exact) mass is 582 g/mol. The van der Waals surface area contributed by atoms with E-state index in [2.05, 4.69) is 48.6 Å². The number of benzene rings is 5. The minimum atomic E-state index is -2.74. The fourth-order valence-corrected chi connectivity index (χ4v) is 9.75. The van der Waals surface area contributed by atoms with Crippen molar-refractivity contribution in [2.75, 3.05) is 5.32 Å². The van der Waals surface area contributed by atoms with Gasteiger partial charge in [0.15, 0.2) is 0 Å². The van der Waals surface area contributed by atoms with Gasteiger partial charge in [-0.25, -0.2) is 4.98 Å². The number of aromatic nitrogens is 2. The first-order valence-corrected chi connectivity index (χ1v) is 16.3. The van der Waals surface area contributed by atoms with Crippen LogP contribution in [0.1, 0.15) is 5.56 Å². The van der Waals surface area contributed by atoms with Gasteiger partial charge >= 0.3 is 0 Å². The molecular formula is C35H27N4OPS. The van der Waals surface area contributed by atoms with Gasteiger partial charge in [0, 0.05) is 31.7 Å². The third-order valence-corrected chi connectivity index (χ3v) is 12.0. The highest BCUT2D eigenvalue weighted by Gasteiger charge is 2.29. The molecular weight excluding hydrogens is 555 g/mol. The molecule has 0 unspecified atom stereocenters. The normalized spacial score (nSPS) is 11.5. The first-order chi connectivity index (χ1) is 20.6. The van der Waals surface area contributed by atoms with Gasteiger partial charge < -0.3 is 5.32 Å². The van der Waals surface area contributed by atoms with Crippen molar-refractivity contribution in [3.63, 3.8) is 0 Å². The number of aryl methyl sites for hydroxylation is 1.